The van der Waals surface area contributed by atoms with Crippen LogP contribution >= 0.6 is 7.37 Å². The summed E-state index contributed by atoms with van der Waals surface area (Å²) in [6.45, 7) is -0.303. The summed E-state index contributed by atoms with van der Waals surface area (Å²) in [5, 5.41) is 9.01. The Bertz CT molecular complexity index is 961. The van der Waals surface area contributed by atoms with E-state index < -0.39 is 13.3 Å². The van der Waals surface area contributed by atoms with Crippen LogP contribution in [-0.4, -0.2) is 40.4 Å². The van der Waals surface area contributed by atoms with Gasteiger partial charge in [0.05, 0.1) is 23.2 Å². The Morgan fingerprint density at radius 1 is 1.22 bits per heavy atom. The molecule has 7 nitrogen and oxygen atoms in total. The SMILES string of the molecule is O=C(OCCO)c1ccc2nc(CCP(=O)([O-])c3ccccc3)[nH]c2c1.[Na+]. The van der Waals surface area contributed by atoms with Gasteiger partial charge in [-0.1, -0.05) is 30.3 Å². The molecule has 0 amide bonds. The van der Waals surface area contributed by atoms with Gasteiger partial charge in [0, 0.05) is 13.8 Å². The number of aromatic nitrogens is 2. The Balaban J connectivity index is 0.00000261. The molecule has 3 aromatic rings. The number of aliphatic hydroxyl groups is 1. The van der Waals surface area contributed by atoms with E-state index in [9.17, 15) is 14.3 Å². The van der Waals surface area contributed by atoms with Crippen molar-refractivity contribution in [3.63, 3.8) is 0 Å². The first-order chi connectivity index (χ1) is 12.5. The van der Waals surface area contributed by atoms with Crippen LogP contribution in [0.4, 0.5) is 0 Å². The van der Waals surface area contributed by atoms with Gasteiger partial charge in [0.15, 0.2) is 0 Å². The van der Waals surface area contributed by atoms with Crippen LogP contribution in [0.1, 0.15) is 16.2 Å². The average Bonchev–Trinajstić information content (AvgIpc) is 3.07. The Kier molecular flexibility index (Phi) is 7.79. The number of benzene rings is 2. The molecule has 0 fully saturated rings. The summed E-state index contributed by atoms with van der Waals surface area (Å²) in [6, 6.07) is 13.2. The third-order valence-electron chi connectivity index (χ3n) is 3.88. The molecule has 0 spiro atoms. The van der Waals surface area contributed by atoms with Crippen molar-refractivity contribution in [2.75, 3.05) is 19.4 Å². The maximum absolute atomic E-state index is 12.4. The molecule has 136 valence electrons. The molecule has 27 heavy (non-hydrogen) atoms. The molecule has 2 aromatic carbocycles. The number of carbonyl (C=O) groups is 1. The van der Waals surface area contributed by atoms with Gasteiger partial charge in [-0.3, -0.25) is 0 Å². The third kappa shape index (κ3) is 5.51. The average molecular weight is 396 g/mol. The Hall–Kier alpha value is -1.47. The van der Waals surface area contributed by atoms with Crippen LogP contribution < -0.4 is 39.8 Å². The van der Waals surface area contributed by atoms with Crippen LogP contribution in [0, 0.1) is 0 Å². The summed E-state index contributed by atoms with van der Waals surface area (Å²) in [5.74, 6) is -0.00174. The molecule has 2 N–H and O–H groups in total. The molecular weight excluding hydrogens is 378 g/mol. The number of ether oxygens (including phenoxy) is 1. The van der Waals surface area contributed by atoms with Crippen molar-refractivity contribution < 1.29 is 53.7 Å². The van der Waals surface area contributed by atoms with Gasteiger partial charge in [-0.2, -0.15) is 0 Å². The molecule has 1 atom stereocenters. The summed E-state index contributed by atoms with van der Waals surface area (Å²) < 4.78 is 17.2. The molecule has 0 radical (unpaired) electrons. The number of hydrogen-bond acceptors (Lipinski definition) is 6. The smallest absolute Gasteiger partial charge is 0.796 e. The molecule has 9 heteroatoms. The van der Waals surface area contributed by atoms with E-state index in [0.717, 1.165) is 0 Å². The summed E-state index contributed by atoms with van der Waals surface area (Å²) >= 11 is 0. The van der Waals surface area contributed by atoms with Gasteiger partial charge >= 0.3 is 35.5 Å². The second-order valence-electron chi connectivity index (χ2n) is 5.76. The quantitative estimate of drug-likeness (QED) is 0.277. The minimum absolute atomic E-state index is 0. The fraction of sp³-hybridized carbons (Fsp3) is 0.222. The maximum atomic E-state index is 12.4. The first kappa shape index (κ1) is 21.8. The van der Waals surface area contributed by atoms with E-state index in [1.807, 2.05) is 0 Å². The number of aromatic amines is 1. The van der Waals surface area contributed by atoms with Crippen molar-refractivity contribution in [3.05, 3.63) is 59.9 Å². The number of nitrogens with one attached hydrogen (secondary N) is 1. The summed E-state index contributed by atoms with van der Waals surface area (Å²) in [6.07, 6.45) is 0.205. The number of carbonyl (C=O) groups excluding carboxylic acids is 1. The third-order valence-corrected chi connectivity index (χ3v) is 5.78. The van der Waals surface area contributed by atoms with Gasteiger partial charge in [-0.25, -0.2) is 9.78 Å². The van der Waals surface area contributed by atoms with Gasteiger partial charge in [-0.15, -0.1) is 0 Å². The van der Waals surface area contributed by atoms with Gasteiger partial charge in [0.2, 0.25) is 0 Å². The van der Waals surface area contributed by atoms with Crippen LogP contribution in [0.15, 0.2) is 48.5 Å². The molecule has 0 aliphatic carbocycles. The van der Waals surface area contributed by atoms with Crippen LogP contribution in [0.5, 0.6) is 0 Å². The van der Waals surface area contributed by atoms with E-state index in [-0.39, 0.29) is 55.4 Å². The molecule has 1 aromatic heterocycles. The molecule has 1 heterocycles. The van der Waals surface area contributed by atoms with Crippen molar-refractivity contribution in [1.82, 2.24) is 9.97 Å². The van der Waals surface area contributed by atoms with Crippen molar-refractivity contribution in [3.8, 4) is 0 Å². The molecular formula is C18H18N2NaO5P. The summed E-state index contributed by atoms with van der Waals surface area (Å²) in [4.78, 5) is 31.6. The number of nitrogens with zero attached hydrogens (tertiary/aromatic N) is 1. The standard InChI is InChI=1S/C18H19N2O5P.Na/c21-9-10-25-18(22)13-6-7-15-16(12-13)20-17(19-15)8-11-26(23,24)14-4-2-1-3-5-14;/h1-7,12,21H,8-11H2,(H,19,20)(H,23,24);/q;+1/p-1. The minimum atomic E-state index is -3.70. The molecule has 1 unspecified atom stereocenters. The summed E-state index contributed by atoms with van der Waals surface area (Å²) in [7, 11) is -3.70. The zero-order chi connectivity index (χ0) is 18.6. The normalized spacial score (nSPS) is 13.0. The predicted molar refractivity (Wildman–Crippen MR) is 95.7 cm³/mol. The van der Waals surface area contributed by atoms with Crippen LogP contribution in [0.25, 0.3) is 11.0 Å². The Morgan fingerprint density at radius 3 is 2.67 bits per heavy atom. The number of aliphatic hydroxyl groups excluding tert-OH is 1. The second-order valence-corrected chi connectivity index (χ2v) is 8.07. The van der Waals surface area contributed by atoms with Crippen molar-refractivity contribution >= 4 is 29.7 Å². The van der Waals surface area contributed by atoms with E-state index in [4.69, 9.17) is 9.84 Å². The number of H-pyrrole nitrogens is 1. The fourth-order valence-electron chi connectivity index (χ4n) is 2.57. The van der Waals surface area contributed by atoms with Crippen molar-refractivity contribution in [1.29, 1.82) is 0 Å². The molecule has 0 aliphatic heterocycles. The molecule has 0 bridgehead atoms. The van der Waals surface area contributed by atoms with Gasteiger partial charge in [0.25, 0.3) is 0 Å². The Labute approximate surface area is 178 Å². The van der Waals surface area contributed by atoms with Crippen LogP contribution in [0.2, 0.25) is 0 Å². The number of hydrogen-bond donors (Lipinski definition) is 2. The minimum Gasteiger partial charge on any atom is -0.796 e. The molecule has 0 aliphatic rings. The zero-order valence-corrected chi connectivity index (χ0v) is 17.8. The summed E-state index contributed by atoms with van der Waals surface area (Å²) in [5.41, 5.74) is 1.60. The van der Waals surface area contributed by atoms with Crippen LogP contribution in [-0.2, 0) is 15.7 Å². The van der Waals surface area contributed by atoms with E-state index in [1.165, 1.54) is 0 Å². The van der Waals surface area contributed by atoms with Crippen molar-refractivity contribution in [2.24, 2.45) is 0 Å². The van der Waals surface area contributed by atoms with Crippen LogP contribution in [0.3, 0.4) is 0 Å². The number of imidazole rings is 1. The molecule has 0 saturated carbocycles. The Morgan fingerprint density at radius 2 is 1.96 bits per heavy atom. The van der Waals surface area contributed by atoms with E-state index >= 15 is 0 Å². The van der Waals surface area contributed by atoms with Gasteiger partial charge < -0.3 is 24.3 Å². The molecule has 0 saturated heterocycles. The first-order valence-corrected chi connectivity index (χ1v) is 9.93. The van der Waals surface area contributed by atoms with E-state index in [2.05, 4.69) is 9.97 Å². The van der Waals surface area contributed by atoms with Gasteiger partial charge in [-0.05, 0) is 29.7 Å². The first-order valence-electron chi connectivity index (χ1n) is 8.12. The molecule has 3 rings (SSSR count). The fourth-order valence-corrected chi connectivity index (χ4v) is 3.96. The number of fused-ring (bicyclic) bond motifs is 1. The van der Waals surface area contributed by atoms with Crippen molar-refractivity contribution in [2.45, 2.75) is 6.42 Å². The second kappa shape index (κ2) is 9.64. The maximum Gasteiger partial charge on any atom is 1.00 e. The monoisotopic (exact) mass is 396 g/mol. The number of esters is 1. The largest absolute Gasteiger partial charge is 1.00 e. The predicted octanol–water partition coefficient (Wildman–Crippen LogP) is -1.78. The van der Waals surface area contributed by atoms with E-state index in [1.54, 1.807) is 48.5 Å². The van der Waals surface area contributed by atoms with E-state index in [0.29, 0.717) is 27.7 Å². The topological polar surface area (TPSA) is 115 Å². The zero-order valence-electron chi connectivity index (χ0n) is 14.9. The van der Waals surface area contributed by atoms with Gasteiger partial charge in [0.1, 0.15) is 12.4 Å². The number of rotatable bonds is 7. The number of aryl methyl sites for hydroxylation is 1.